The summed E-state index contributed by atoms with van der Waals surface area (Å²) in [4.78, 5) is 39.3. The summed E-state index contributed by atoms with van der Waals surface area (Å²) in [5.74, 6) is -1.56. The van der Waals surface area contributed by atoms with Crippen LogP contribution in [0.3, 0.4) is 0 Å². The molecule has 1 aliphatic heterocycles. The second-order valence-corrected chi connectivity index (χ2v) is 8.08. The van der Waals surface area contributed by atoms with E-state index in [0.717, 1.165) is 40.9 Å². The molecule has 2 N–H and O–H groups in total. The minimum Gasteiger partial charge on any atom is -0.362 e. The third kappa shape index (κ3) is 5.18. The number of hydrogen-bond acceptors (Lipinski definition) is 5. The molecular formula is C24H22F3N5O3. The lowest BCUT2D eigenvalue weighted by molar-refractivity contribution is -0.137. The maximum absolute atomic E-state index is 13.5. The van der Waals surface area contributed by atoms with Gasteiger partial charge in [-0.05, 0) is 43.5 Å². The molecule has 3 aromatic rings. The van der Waals surface area contributed by atoms with Gasteiger partial charge in [-0.3, -0.25) is 25.2 Å². The maximum Gasteiger partial charge on any atom is 0.418 e. The number of aryl methyl sites for hydroxylation is 2. The van der Waals surface area contributed by atoms with Crippen molar-refractivity contribution in [1.29, 1.82) is 0 Å². The highest BCUT2D eigenvalue weighted by Gasteiger charge is 2.34. The van der Waals surface area contributed by atoms with Gasteiger partial charge in [0.1, 0.15) is 0 Å². The van der Waals surface area contributed by atoms with E-state index in [4.69, 9.17) is 0 Å². The largest absolute Gasteiger partial charge is 0.418 e. The molecule has 4 rings (SSSR count). The molecule has 0 spiro atoms. The molecule has 0 bridgehead atoms. The van der Waals surface area contributed by atoms with E-state index in [-0.39, 0.29) is 17.9 Å². The van der Waals surface area contributed by atoms with Gasteiger partial charge in [0.15, 0.2) is 5.69 Å². The molecule has 1 aliphatic rings. The predicted octanol–water partition coefficient (Wildman–Crippen LogP) is 2.77. The van der Waals surface area contributed by atoms with Gasteiger partial charge in [-0.25, -0.2) is 4.68 Å². The van der Waals surface area contributed by atoms with E-state index in [9.17, 15) is 27.6 Å². The molecule has 0 saturated heterocycles. The fraction of sp³-hybridized carbons (Fsp3) is 0.250. The van der Waals surface area contributed by atoms with Crippen LogP contribution in [0.5, 0.6) is 0 Å². The van der Waals surface area contributed by atoms with Gasteiger partial charge in [-0.1, -0.05) is 30.3 Å². The normalized spacial score (nSPS) is 13.2. The number of alkyl halides is 3. The Morgan fingerprint density at radius 2 is 1.71 bits per heavy atom. The Morgan fingerprint density at radius 3 is 2.46 bits per heavy atom. The highest BCUT2D eigenvalue weighted by molar-refractivity contribution is 5.94. The predicted molar refractivity (Wildman–Crippen MR) is 122 cm³/mol. The average Bonchev–Trinajstić information content (AvgIpc) is 2.82. The summed E-state index contributed by atoms with van der Waals surface area (Å²) in [6.45, 7) is 2.05. The molecule has 35 heavy (non-hydrogen) atoms. The molecule has 0 unspecified atom stereocenters. The smallest absolute Gasteiger partial charge is 0.362 e. The van der Waals surface area contributed by atoms with Crippen molar-refractivity contribution in [2.75, 3.05) is 18.0 Å². The van der Waals surface area contributed by atoms with Crippen LogP contribution in [0.1, 0.15) is 33.7 Å². The fourth-order valence-electron chi connectivity index (χ4n) is 4.02. The van der Waals surface area contributed by atoms with E-state index < -0.39 is 34.7 Å². The van der Waals surface area contributed by atoms with Crippen LogP contribution in [-0.2, 0) is 17.4 Å². The standard InChI is InChI=1S/C24H22F3N5O3/c1-15-13-20(33)22(30-32(15)19-11-5-3-9-17(19)24(25,26)27)23(35)29-28-21(34)14-31-12-6-8-16-7-2-4-10-18(16)31/h2-5,7,9-11,13H,6,8,12,14H2,1H3,(H,28,34)(H,29,35). The van der Waals surface area contributed by atoms with E-state index in [1.165, 1.54) is 25.1 Å². The number of halogens is 3. The van der Waals surface area contributed by atoms with Gasteiger partial charge in [-0.2, -0.15) is 18.3 Å². The van der Waals surface area contributed by atoms with Crippen molar-refractivity contribution in [1.82, 2.24) is 20.6 Å². The highest BCUT2D eigenvalue weighted by atomic mass is 19.4. The second kappa shape index (κ2) is 9.61. The van der Waals surface area contributed by atoms with E-state index in [1.807, 2.05) is 29.2 Å². The van der Waals surface area contributed by atoms with E-state index >= 15 is 0 Å². The molecule has 8 nitrogen and oxygen atoms in total. The van der Waals surface area contributed by atoms with Crippen LogP contribution in [0.15, 0.2) is 59.4 Å². The number of amides is 2. The Labute approximate surface area is 198 Å². The van der Waals surface area contributed by atoms with Gasteiger partial charge in [0.05, 0.1) is 17.8 Å². The van der Waals surface area contributed by atoms with Gasteiger partial charge in [0.2, 0.25) is 5.43 Å². The molecule has 182 valence electrons. The van der Waals surface area contributed by atoms with Crippen LogP contribution in [0.2, 0.25) is 0 Å². The van der Waals surface area contributed by atoms with Crippen LogP contribution in [0.25, 0.3) is 5.69 Å². The quantitative estimate of drug-likeness (QED) is 0.554. The van der Waals surface area contributed by atoms with Gasteiger partial charge < -0.3 is 4.90 Å². The first-order valence-electron chi connectivity index (χ1n) is 10.8. The van der Waals surface area contributed by atoms with E-state index in [0.29, 0.717) is 6.54 Å². The summed E-state index contributed by atoms with van der Waals surface area (Å²) < 4.78 is 41.3. The monoisotopic (exact) mass is 485 g/mol. The summed E-state index contributed by atoms with van der Waals surface area (Å²) >= 11 is 0. The van der Waals surface area contributed by atoms with Gasteiger partial charge in [0, 0.05) is 24.0 Å². The first-order chi connectivity index (χ1) is 16.6. The molecule has 0 aliphatic carbocycles. The first-order valence-corrected chi connectivity index (χ1v) is 10.8. The molecule has 11 heteroatoms. The molecule has 2 heterocycles. The minimum absolute atomic E-state index is 0.0260. The van der Waals surface area contributed by atoms with Crippen molar-refractivity contribution >= 4 is 17.5 Å². The maximum atomic E-state index is 13.5. The van der Waals surface area contributed by atoms with Crippen molar-refractivity contribution in [3.05, 3.63) is 87.3 Å². The fourth-order valence-corrected chi connectivity index (χ4v) is 4.02. The number of fused-ring (bicyclic) bond motifs is 1. The van der Waals surface area contributed by atoms with Crippen molar-refractivity contribution in [3.8, 4) is 5.69 Å². The Balaban J connectivity index is 1.50. The summed E-state index contributed by atoms with van der Waals surface area (Å²) in [7, 11) is 0. The van der Waals surface area contributed by atoms with Crippen molar-refractivity contribution in [2.24, 2.45) is 0 Å². The second-order valence-electron chi connectivity index (χ2n) is 8.08. The number of nitrogens with zero attached hydrogens (tertiary/aromatic N) is 3. The Hall–Kier alpha value is -4.15. The lowest BCUT2D eigenvalue weighted by Crippen LogP contribution is -2.48. The molecular weight excluding hydrogens is 463 g/mol. The Kier molecular flexibility index (Phi) is 6.59. The van der Waals surface area contributed by atoms with Crippen LogP contribution >= 0.6 is 0 Å². The zero-order valence-electron chi connectivity index (χ0n) is 18.7. The summed E-state index contributed by atoms with van der Waals surface area (Å²) in [6.07, 6.45) is -2.88. The molecule has 2 amide bonds. The Bertz CT molecular complexity index is 1340. The zero-order chi connectivity index (χ0) is 25.2. The third-order valence-electron chi connectivity index (χ3n) is 5.62. The van der Waals surface area contributed by atoms with E-state index in [1.54, 1.807) is 0 Å². The number of para-hydroxylation sites is 2. The first kappa shape index (κ1) is 24.0. The van der Waals surface area contributed by atoms with Gasteiger partial charge in [-0.15, -0.1) is 0 Å². The number of carbonyl (C=O) groups excluding carboxylic acids is 2. The zero-order valence-corrected chi connectivity index (χ0v) is 18.7. The molecule has 0 radical (unpaired) electrons. The van der Waals surface area contributed by atoms with Gasteiger partial charge >= 0.3 is 6.18 Å². The lowest BCUT2D eigenvalue weighted by atomic mass is 10.0. The van der Waals surface area contributed by atoms with Gasteiger partial charge in [0.25, 0.3) is 11.8 Å². The number of anilines is 1. The number of benzene rings is 2. The van der Waals surface area contributed by atoms with Crippen LogP contribution in [0.4, 0.5) is 18.9 Å². The Morgan fingerprint density at radius 1 is 1.03 bits per heavy atom. The van der Waals surface area contributed by atoms with E-state index in [2.05, 4.69) is 16.0 Å². The number of carbonyl (C=O) groups is 2. The number of rotatable bonds is 4. The highest BCUT2D eigenvalue weighted by Crippen LogP contribution is 2.33. The minimum atomic E-state index is -4.67. The number of aromatic nitrogens is 2. The topological polar surface area (TPSA) is 96.3 Å². The molecule has 0 saturated carbocycles. The van der Waals surface area contributed by atoms with Crippen LogP contribution in [0, 0.1) is 6.92 Å². The summed E-state index contributed by atoms with van der Waals surface area (Å²) in [5, 5.41) is 3.87. The third-order valence-corrected chi connectivity index (χ3v) is 5.62. The van der Waals surface area contributed by atoms with Crippen LogP contribution in [-0.4, -0.2) is 34.7 Å². The summed E-state index contributed by atoms with van der Waals surface area (Å²) in [5.41, 5.74) is 3.80. The average molecular weight is 485 g/mol. The molecule has 0 atom stereocenters. The molecule has 0 fully saturated rings. The lowest BCUT2D eigenvalue weighted by Gasteiger charge is -2.30. The summed E-state index contributed by atoms with van der Waals surface area (Å²) in [6, 6.07) is 13.4. The number of hydrogen-bond donors (Lipinski definition) is 2. The van der Waals surface area contributed by atoms with Crippen molar-refractivity contribution < 1.29 is 22.8 Å². The van der Waals surface area contributed by atoms with Crippen LogP contribution < -0.4 is 21.2 Å². The molecule has 2 aromatic carbocycles. The number of nitrogens with one attached hydrogen (secondary N) is 2. The van der Waals surface area contributed by atoms with Crippen molar-refractivity contribution in [3.63, 3.8) is 0 Å². The van der Waals surface area contributed by atoms with Crippen molar-refractivity contribution in [2.45, 2.75) is 25.9 Å². The SMILES string of the molecule is Cc1cc(=O)c(C(=O)NNC(=O)CN2CCCc3ccccc32)nn1-c1ccccc1C(F)(F)F. The number of hydrazine groups is 1. The molecule has 1 aromatic heterocycles.